The lowest BCUT2D eigenvalue weighted by atomic mass is 9.37. The highest BCUT2D eigenvalue weighted by Crippen LogP contribution is 2.77. The van der Waals surface area contributed by atoms with E-state index in [1.165, 1.54) is 25.2 Å². The molecule has 34 heavy (non-hydrogen) atoms. The van der Waals surface area contributed by atoms with Crippen molar-refractivity contribution in [2.45, 2.75) is 48.0 Å². The summed E-state index contributed by atoms with van der Waals surface area (Å²) in [5, 5.41) is 34.9. The van der Waals surface area contributed by atoms with Gasteiger partial charge in [0.25, 0.3) is 0 Å². The van der Waals surface area contributed by atoms with Crippen LogP contribution < -0.4 is 9.64 Å². The molecule has 10 nitrogen and oxygen atoms in total. The van der Waals surface area contributed by atoms with Gasteiger partial charge in [-0.05, 0) is 37.4 Å². The number of phenolic OH excluding ortho intramolecular Hbond substituents is 1. The van der Waals surface area contributed by atoms with Gasteiger partial charge in [-0.15, -0.1) is 0 Å². The molecule has 4 fully saturated rings. The molecule has 3 aliphatic heterocycles. The van der Waals surface area contributed by atoms with Gasteiger partial charge in [0.15, 0.2) is 11.5 Å². The first-order chi connectivity index (χ1) is 16.2. The smallest absolute Gasteiger partial charge is 0.414 e. The summed E-state index contributed by atoms with van der Waals surface area (Å²) in [6.45, 7) is 1.29. The van der Waals surface area contributed by atoms with Crippen LogP contribution in [0.2, 0.25) is 0 Å². The second-order valence-corrected chi connectivity index (χ2v) is 9.97. The molecule has 182 valence electrons. The molecule has 0 radical (unpaired) electrons. The number of benzene rings is 1. The molecule has 0 unspecified atom stereocenters. The van der Waals surface area contributed by atoms with Gasteiger partial charge in [-0.25, -0.2) is 9.59 Å². The molecule has 1 amide bonds. The monoisotopic (exact) mass is 472 g/mol. The number of methoxy groups -OCH3 is 3. The molecule has 0 aromatic heterocycles. The molecule has 7 rings (SSSR count). The van der Waals surface area contributed by atoms with Gasteiger partial charge in [0.05, 0.1) is 27.0 Å². The van der Waals surface area contributed by atoms with Crippen molar-refractivity contribution in [1.29, 1.82) is 0 Å². The van der Waals surface area contributed by atoms with Crippen molar-refractivity contribution >= 4 is 17.7 Å². The van der Waals surface area contributed by atoms with Gasteiger partial charge < -0.3 is 29.5 Å². The third-order valence-electron chi connectivity index (χ3n) is 9.35. The number of aliphatic hydroxyl groups is 2. The molecular weight excluding hydrogens is 444 g/mol. The number of rotatable bonds is 2. The Balaban J connectivity index is 1.80. The molecular formula is C24H28N2O8. The first-order valence-electron chi connectivity index (χ1n) is 11.4. The van der Waals surface area contributed by atoms with Crippen molar-refractivity contribution in [3.63, 3.8) is 0 Å². The Morgan fingerprint density at radius 2 is 1.88 bits per heavy atom. The number of ether oxygens (including phenoxy) is 3. The van der Waals surface area contributed by atoms with Gasteiger partial charge in [-0.2, -0.15) is 0 Å². The highest BCUT2D eigenvalue weighted by molar-refractivity contribution is 6.01. The van der Waals surface area contributed by atoms with Crippen molar-refractivity contribution in [2.75, 3.05) is 39.3 Å². The third-order valence-corrected chi connectivity index (χ3v) is 9.35. The highest BCUT2D eigenvalue weighted by atomic mass is 16.6. The number of hydrogen-bond acceptors (Lipinski definition) is 9. The molecule has 3 aliphatic carbocycles. The van der Waals surface area contributed by atoms with E-state index in [1.54, 1.807) is 6.07 Å². The van der Waals surface area contributed by atoms with Crippen molar-refractivity contribution in [2.24, 2.45) is 5.41 Å². The summed E-state index contributed by atoms with van der Waals surface area (Å²) in [6, 6.07) is 2.93. The zero-order valence-corrected chi connectivity index (χ0v) is 19.3. The molecule has 1 saturated heterocycles. The number of aromatic hydroxyl groups is 1. The van der Waals surface area contributed by atoms with E-state index >= 15 is 0 Å². The Kier molecular flexibility index (Phi) is 4.11. The zero-order valence-electron chi connectivity index (χ0n) is 19.3. The van der Waals surface area contributed by atoms with Crippen LogP contribution in [0.3, 0.4) is 0 Å². The van der Waals surface area contributed by atoms with Gasteiger partial charge in [0.1, 0.15) is 11.6 Å². The Hall–Kier alpha value is -2.82. The summed E-state index contributed by atoms with van der Waals surface area (Å²) in [5.74, 6) is -1.16. The lowest BCUT2D eigenvalue weighted by molar-refractivity contribution is -0.262. The lowest BCUT2D eigenvalue weighted by Gasteiger charge is -2.72. The van der Waals surface area contributed by atoms with E-state index < -0.39 is 40.1 Å². The fraction of sp³-hybridized carbons (Fsp3) is 0.583. The van der Waals surface area contributed by atoms with E-state index in [4.69, 9.17) is 14.2 Å². The van der Waals surface area contributed by atoms with Gasteiger partial charge in [0, 0.05) is 23.4 Å². The lowest BCUT2D eigenvalue weighted by Crippen LogP contribution is -2.90. The standard InChI is InChI=1S/C24H28N2O8/c1-32-16-14(27)6-5-13-15(16)26(20(30)34-3)23-9-8-21(18(28)24(23,31)19(29)33-2)7-4-11-25-12-10-22(13,23)17(21)25/h4-7,17-18,27-28,31H,8-12H2,1-3H3/t17-,18+,21-,22+,23-,24+/m0/s1. The molecule has 1 aromatic rings. The van der Waals surface area contributed by atoms with E-state index in [-0.39, 0.29) is 29.6 Å². The fourth-order valence-corrected chi connectivity index (χ4v) is 8.48. The minimum Gasteiger partial charge on any atom is -0.504 e. The van der Waals surface area contributed by atoms with E-state index in [0.29, 0.717) is 31.5 Å². The number of nitrogens with zero attached hydrogens (tertiary/aromatic N) is 2. The number of amides is 1. The van der Waals surface area contributed by atoms with Crippen LogP contribution in [0.15, 0.2) is 24.3 Å². The molecule has 2 bridgehead atoms. The van der Waals surface area contributed by atoms with Gasteiger partial charge >= 0.3 is 12.1 Å². The van der Waals surface area contributed by atoms with E-state index in [2.05, 4.69) is 4.90 Å². The third kappa shape index (κ3) is 1.84. The van der Waals surface area contributed by atoms with Crippen LogP contribution in [0.5, 0.6) is 11.5 Å². The van der Waals surface area contributed by atoms with Crippen LogP contribution >= 0.6 is 0 Å². The summed E-state index contributed by atoms with van der Waals surface area (Å²) in [6.07, 6.45) is 2.69. The molecule has 1 aromatic carbocycles. The highest BCUT2D eigenvalue weighted by Gasteiger charge is 2.89. The Labute approximate surface area is 196 Å². The number of carbonyl (C=O) groups excluding carboxylic acids is 2. The van der Waals surface area contributed by atoms with Crippen LogP contribution in [0, 0.1) is 5.41 Å². The Bertz CT molecular complexity index is 1150. The first-order valence-corrected chi connectivity index (χ1v) is 11.4. The van der Waals surface area contributed by atoms with E-state index in [1.807, 2.05) is 12.2 Å². The minimum absolute atomic E-state index is 0.0463. The number of anilines is 1. The summed E-state index contributed by atoms with van der Waals surface area (Å²) < 4.78 is 15.8. The molecule has 3 spiro atoms. The van der Waals surface area contributed by atoms with Gasteiger partial charge in [-0.3, -0.25) is 9.80 Å². The van der Waals surface area contributed by atoms with Crippen molar-refractivity contribution in [3.8, 4) is 11.5 Å². The average molecular weight is 472 g/mol. The minimum atomic E-state index is -2.47. The number of fused-ring (bicyclic) bond motifs is 3. The molecule has 3 N–H and O–H groups in total. The SMILES string of the molecule is COC(=O)N1c2c(ccc(O)c2OC)[C@@]23CCN4CC=C[C@]5(CC[C@]12[C@](O)(C(=O)OC)[C@@H]5O)[C@H]43. The second kappa shape index (κ2) is 6.44. The summed E-state index contributed by atoms with van der Waals surface area (Å²) in [5.41, 5.74) is -5.07. The van der Waals surface area contributed by atoms with Crippen LogP contribution in [0.4, 0.5) is 10.5 Å². The molecule has 3 saturated carbocycles. The van der Waals surface area contributed by atoms with E-state index in [0.717, 1.165) is 7.11 Å². The Morgan fingerprint density at radius 3 is 2.56 bits per heavy atom. The van der Waals surface area contributed by atoms with Crippen molar-refractivity contribution in [1.82, 2.24) is 4.90 Å². The number of aliphatic hydroxyl groups excluding tert-OH is 1. The average Bonchev–Trinajstić information content (AvgIpc) is 3.37. The van der Waals surface area contributed by atoms with Gasteiger partial charge in [-0.1, -0.05) is 18.2 Å². The normalized spacial score (nSPS) is 41.0. The first kappa shape index (κ1) is 21.7. The van der Waals surface area contributed by atoms with Gasteiger partial charge in [0.2, 0.25) is 5.60 Å². The molecule has 3 heterocycles. The summed E-state index contributed by atoms with van der Waals surface area (Å²) >= 11 is 0. The molecule has 6 aliphatic rings. The zero-order chi connectivity index (χ0) is 24.3. The number of phenols is 1. The van der Waals surface area contributed by atoms with Crippen LogP contribution in [-0.2, 0) is 19.7 Å². The molecule has 6 atom stereocenters. The number of hydrogen-bond donors (Lipinski definition) is 3. The predicted octanol–water partition coefficient (Wildman–Crippen LogP) is 0.667. The van der Waals surface area contributed by atoms with Crippen LogP contribution in [0.1, 0.15) is 24.8 Å². The Morgan fingerprint density at radius 1 is 1.12 bits per heavy atom. The molecule has 10 heteroatoms. The second-order valence-electron chi connectivity index (χ2n) is 9.97. The number of carbonyl (C=O) groups is 2. The summed E-state index contributed by atoms with van der Waals surface area (Å²) in [7, 11) is 3.75. The quantitative estimate of drug-likeness (QED) is 0.420. The van der Waals surface area contributed by atoms with Crippen LogP contribution in [-0.4, -0.2) is 90.0 Å². The summed E-state index contributed by atoms with van der Waals surface area (Å²) in [4.78, 5) is 30.5. The van der Waals surface area contributed by atoms with Crippen LogP contribution in [0.25, 0.3) is 0 Å². The maximum Gasteiger partial charge on any atom is 0.414 e. The topological polar surface area (TPSA) is 129 Å². The fourth-order valence-electron chi connectivity index (χ4n) is 8.48. The largest absolute Gasteiger partial charge is 0.504 e. The number of esters is 1. The maximum atomic E-state index is 13.5. The van der Waals surface area contributed by atoms with Crippen molar-refractivity contribution < 1.29 is 39.1 Å². The maximum absolute atomic E-state index is 13.5. The van der Waals surface area contributed by atoms with Crippen molar-refractivity contribution in [3.05, 3.63) is 29.8 Å². The predicted molar refractivity (Wildman–Crippen MR) is 118 cm³/mol. The van der Waals surface area contributed by atoms with E-state index in [9.17, 15) is 24.9 Å².